The maximum Gasteiger partial charge on any atom is 0.244 e. The van der Waals surface area contributed by atoms with Gasteiger partial charge >= 0.3 is 0 Å². The fourth-order valence-corrected chi connectivity index (χ4v) is 2.64. The molecule has 7 heteroatoms. The smallest absolute Gasteiger partial charge is 0.244 e. The first-order valence-corrected chi connectivity index (χ1v) is 7.10. The van der Waals surface area contributed by atoms with Crippen molar-refractivity contribution < 1.29 is 17.9 Å². The van der Waals surface area contributed by atoms with Crippen molar-refractivity contribution in [3.8, 4) is 0 Å². The predicted octanol–water partition coefficient (Wildman–Crippen LogP) is 1.00. The molecule has 5 nitrogen and oxygen atoms in total. The molecule has 0 unspecified atom stereocenters. The third kappa shape index (κ3) is 4.01. The molecule has 1 aromatic rings. The molecule has 0 atom stereocenters. The fraction of sp³-hybridized carbons (Fsp3) is 0.545. The van der Waals surface area contributed by atoms with Crippen molar-refractivity contribution in [3.63, 3.8) is 0 Å². The molecule has 0 aromatic carbocycles. The number of hydrogen-bond donors (Lipinski definition) is 1. The number of unbranched alkanes of at least 4 members (excludes halogenated alkanes) is 2. The van der Waals surface area contributed by atoms with E-state index in [1.807, 2.05) is 0 Å². The van der Waals surface area contributed by atoms with Crippen LogP contribution in [0.25, 0.3) is 0 Å². The molecule has 102 valence electrons. The molecule has 1 heterocycles. The molecule has 0 fully saturated rings. The Morgan fingerprint density at radius 1 is 1.33 bits per heavy atom. The molecule has 18 heavy (non-hydrogen) atoms. The minimum absolute atomic E-state index is 0.101. The summed E-state index contributed by atoms with van der Waals surface area (Å²) in [7, 11) is -2.24. The van der Waals surface area contributed by atoms with Gasteiger partial charge in [0.25, 0.3) is 0 Å². The second-order valence-electron chi connectivity index (χ2n) is 3.95. The average Bonchev–Trinajstić information content (AvgIpc) is 2.34. The fourth-order valence-electron chi connectivity index (χ4n) is 1.46. The van der Waals surface area contributed by atoms with Crippen molar-refractivity contribution in [2.75, 3.05) is 20.2 Å². The first-order valence-electron chi connectivity index (χ1n) is 5.66. The van der Waals surface area contributed by atoms with Crippen LogP contribution < -0.4 is 0 Å². The Bertz CT molecular complexity index is 479. The maximum absolute atomic E-state index is 12.9. The minimum atomic E-state index is -3.68. The molecule has 0 aliphatic heterocycles. The zero-order valence-electron chi connectivity index (χ0n) is 10.2. The molecule has 0 amide bonds. The molecular formula is C11H17FN2O3S. The largest absolute Gasteiger partial charge is 0.396 e. The van der Waals surface area contributed by atoms with E-state index in [0.29, 0.717) is 19.4 Å². The van der Waals surface area contributed by atoms with Gasteiger partial charge in [-0.2, -0.15) is 0 Å². The van der Waals surface area contributed by atoms with E-state index in [9.17, 15) is 12.8 Å². The molecule has 0 saturated carbocycles. The lowest BCUT2D eigenvalue weighted by atomic mass is 10.2. The highest BCUT2D eigenvalue weighted by Crippen LogP contribution is 2.14. The van der Waals surface area contributed by atoms with Gasteiger partial charge in [-0.15, -0.1) is 0 Å². The first kappa shape index (κ1) is 15.0. The van der Waals surface area contributed by atoms with Gasteiger partial charge in [0.05, 0.1) is 6.20 Å². The second kappa shape index (κ2) is 6.77. The quantitative estimate of drug-likeness (QED) is 0.754. The topological polar surface area (TPSA) is 70.5 Å². The molecule has 0 aliphatic carbocycles. The van der Waals surface area contributed by atoms with Crippen LogP contribution in [-0.4, -0.2) is 43.0 Å². The first-order chi connectivity index (χ1) is 8.48. The normalized spacial score (nSPS) is 12.0. The third-order valence-electron chi connectivity index (χ3n) is 2.52. The van der Waals surface area contributed by atoms with Gasteiger partial charge in [0.1, 0.15) is 10.7 Å². The highest BCUT2D eigenvalue weighted by Gasteiger charge is 2.21. The van der Waals surface area contributed by atoms with Crippen LogP contribution >= 0.6 is 0 Å². The summed E-state index contributed by atoms with van der Waals surface area (Å²) >= 11 is 0. The van der Waals surface area contributed by atoms with Crippen LogP contribution in [0, 0.1) is 5.82 Å². The summed E-state index contributed by atoms with van der Waals surface area (Å²) in [6.07, 6.45) is 4.13. The van der Waals surface area contributed by atoms with Gasteiger partial charge in [0, 0.05) is 26.4 Å². The summed E-state index contributed by atoms with van der Waals surface area (Å²) in [4.78, 5) is 3.38. The van der Waals surface area contributed by atoms with Crippen molar-refractivity contribution in [1.82, 2.24) is 9.29 Å². The molecule has 1 aromatic heterocycles. The average molecular weight is 276 g/mol. The van der Waals surface area contributed by atoms with E-state index in [4.69, 9.17) is 5.11 Å². The van der Waals surface area contributed by atoms with Gasteiger partial charge < -0.3 is 5.11 Å². The van der Waals surface area contributed by atoms with Crippen molar-refractivity contribution in [3.05, 3.63) is 24.3 Å². The van der Waals surface area contributed by atoms with Crippen molar-refractivity contribution in [1.29, 1.82) is 0 Å². The van der Waals surface area contributed by atoms with Crippen LogP contribution in [0.15, 0.2) is 23.4 Å². The van der Waals surface area contributed by atoms with Crippen LogP contribution in [0.2, 0.25) is 0 Å². The van der Waals surface area contributed by atoms with E-state index >= 15 is 0 Å². The number of aromatic nitrogens is 1. The van der Waals surface area contributed by atoms with Crippen molar-refractivity contribution in [2.24, 2.45) is 0 Å². The zero-order valence-corrected chi connectivity index (χ0v) is 11.0. The number of hydrogen-bond acceptors (Lipinski definition) is 4. The van der Waals surface area contributed by atoms with Gasteiger partial charge in [-0.1, -0.05) is 0 Å². The molecule has 0 saturated heterocycles. The number of halogens is 1. The van der Waals surface area contributed by atoms with Gasteiger partial charge in [0.15, 0.2) is 0 Å². The lowest BCUT2D eigenvalue weighted by Gasteiger charge is -2.16. The van der Waals surface area contributed by atoms with E-state index in [1.165, 1.54) is 11.4 Å². The van der Waals surface area contributed by atoms with Crippen molar-refractivity contribution in [2.45, 2.75) is 24.2 Å². The molecule has 1 rings (SSSR count). The van der Waals surface area contributed by atoms with Gasteiger partial charge in [0.2, 0.25) is 10.0 Å². The van der Waals surface area contributed by atoms with Gasteiger partial charge in [-0.25, -0.2) is 17.1 Å². The van der Waals surface area contributed by atoms with Crippen LogP contribution in [0.5, 0.6) is 0 Å². The highest BCUT2D eigenvalue weighted by molar-refractivity contribution is 7.89. The third-order valence-corrected chi connectivity index (χ3v) is 4.34. The van der Waals surface area contributed by atoms with E-state index in [2.05, 4.69) is 4.98 Å². The van der Waals surface area contributed by atoms with Crippen molar-refractivity contribution >= 4 is 10.0 Å². The van der Waals surface area contributed by atoms with Crippen LogP contribution in [0.4, 0.5) is 4.39 Å². The zero-order chi connectivity index (χ0) is 13.6. The van der Waals surface area contributed by atoms with E-state index in [1.54, 1.807) is 0 Å². The summed E-state index contributed by atoms with van der Waals surface area (Å²) in [6, 6.07) is 0.951. The molecule has 0 radical (unpaired) electrons. The Morgan fingerprint density at radius 3 is 2.67 bits per heavy atom. The molecule has 0 bridgehead atoms. The predicted molar refractivity (Wildman–Crippen MR) is 64.9 cm³/mol. The SMILES string of the molecule is CN(CCCCCO)S(=O)(=O)c1cncc(F)c1. The van der Waals surface area contributed by atoms with E-state index in [0.717, 1.165) is 24.9 Å². The monoisotopic (exact) mass is 276 g/mol. The molecule has 0 spiro atoms. The lowest BCUT2D eigenvalue weighted by Crippen LogP contribution is -2.28. The van der Waals surface area contributed by atoms with Crippen LogP contribution in [0.1, 0.15) is 19.3 Å². The Hall–Kier alpha value is -1.05. The Morgan fingerprint density at radius 2 is 2.06 bits per heavy atom. The summed E-state index contributed by atoms with van der Waals surface area (Å²) in [6.45, 7) is 0.434. The van der Waals surface area contributed by atoms with Gasteiger partial charge in [-0.3, -0.25) is 4.98 Å². The number of aliphatic hydroxyl groups excluding tert-OH is 1. The molecular weight excluding hydrogens is 259 g/mol. The number of aliphatic hydroxyl groups is 1. The number of pyridine rings is 1. The lowest BCUT2D eigenvalue weighted by molar-refractivity contribution is 0.281. The van der Waals surface area contributed by atoms with Gasteiger partial charge in [-0.05, 0) is 25.3 Å². The maximum atomic E-state index is 12.9. The standard InChI is InChI=1S/C11H17FN2O3S/c1-14(5-3-2-4-6-15)18(16,17)11-7-10(12)8-13-9-11/h7-9,15H,2-6H2,1H3. The summed E-state index contributed by atoms with van der Waals surface area (Å²) < 4.78 is 38.1. The van der Waals surface area contributed by atoms with Crippen LogP contribution in [-0.2, 0) is 10.0 Å². The van der Waals surface area contributed by atoms with E-state index in [-0.39, 0.29) is 11.5 Å². The minimum Gasteiger partial charge on any atom is -0.396 e. The summed E-state index contributed by atoms with van der Waals surface area (Å²) in [5, 5.41) is 8.62. The number of rotatable bonds is 7. The van der Waals surface area contributed by atoms with E-state index < -0.39 is 15.8 Å². The second-order valence-corrected chi connectivity index (χ2v) is 5.99. The number of sulfonamides is 1. The molecule has 0 aliphatic rings. The Kier molecular flexibility index (Phi) is 5.64. The summed E-state index contributed by atoms with van der Waals surface area (Å²) in [5.41, 5.74) is 0. The highest BCUT2D eigenvalue weighted by atomic mass is 32.2. The molecule has 1 N–H and O–H groups in total. The summed E-state index contributed by atoms with van der Waals surface area (Å²) in [5.74, 6) is -0.676. The Labute approximate surface area is 106 Å². The van der Waals surface area contributed by atoms with Crippen LogP contribution in [0.3, 0.4) is 0 Å². The Balaban J connectivity index is 2.68. The number of nitrogens with zero attached hydrogens (tertiary/aromatic N) is 2.